The van der Waals surface area contributed by atoms with Crippen molar-refractivity contribution in [3.05, 3.63) is 76.3 Å². The number of halogens is 3. The standard InChI is InChI=1S/C23H23F3N4O3S/c1-28-11-17(10-27)34(32,33)30-19-9-16(23(24,25)26)7-8-18(19)20(31)29-22-12-21(13-22,14-22)15-5-3-2-4-6-15/h2-11,30H,12-14,27H2,1H3,(H,29,31)/b17-10+,28-11?. The number of nitrogens with one attached hydrogen (secondary N) is 2. The van der Waals surface area contributed by atoms with Crippen molar-refractivity contribution >= 4 is 27.8 Å². The summed E-state index contributed by atoms with van der Waals surface area (Å²) in [6.07, 6.45) is -0.893. The van der Waals surface area contributed by atoms with Gasteiger partial charge < -0.3 is 11.1 Å². The van der Waals surface area contributed by atoms with E-state index in [-0.39, 0.29) is 11.0 Å². The van der Waals surface area contributed by atoms with Crippen molar-refractivity contribution in [2.24, 2.45) is 10.7 Å². The molecule has 0 atom stereocenters. The fourth-order valence-corrected chi connectivity index (χ4v) is 5.86. The molecule has 3 aliphatic carbocycles. The molecular weight excluding hydrogens is 469 g/mol. The van der Waals surface area contributed by atoms with Crippen LogP contribution in [0, 0.1) is 0 Å². The molecule has 5 rings (SSSR count). The fraction of sp³-hybridized carbons (Fsp3) is 0.304. The van der Waals surface area contributed by atoms with Gasteiger partial charge in [-0.25, -0.2) is 8.42 Å². The van der Waals surface area contributed by atoms with Crippen molar-refractivity contribution in [3.8, 4) is 0 Å². The Hall–Kier alpha value is -3.34. The third kappa shape index (κ3) is 4.15. The van der Waals surface area contributed by atoms with Crippen LogP contribution in [0.5, 0.6) is 0 Å². The first-order chi connectivity index (χ1) is 15.9. The van der Waals surface area contributed by atoms with Gasteiger partial charge in [-0.2, -0.15) is 13.2 Å². The minimum atomic E-state index is -4.73. The lowest BCUT2D eigenvalue weighted by Gasteiger charge is -2.71. The van der Waals surface area contributed by atoms with Crippen molar-refractivity contribution < 1.29 is 26.4 Å². The normalized spacial score (nSPS) is 24.3. The van der Waals surface area contributed by atoms with Gasteiger partial charge in [-0.05, 0) is 43.0 Å². The molecule has 2 bridgehead atoms. The molecule has 180 valence electrons. The lowest BCUT2D eigenvalue weighted by atomic mass is 9.37. The molecule has 0 spiro atoms. The van der Waals surface area contributed by atoms with Gasteiger partial charge in [0.05, 0.1) is 16.8 Å². The Kier molecular flexibility index (Phi) is 5.71. The quantitative estimate of drug-likeness (QED) is 0.513. The molecule has 3 aliphatic rings. The van der Waals surface area contributed by atoms with Gasteiger partial charge in [0.25, 0.3) is 15.9 Å². The van der Waals surface area contributed by atoms with Crippen LogP contribution >= 0.6 is 0 Å². The number of allylic oxidation sites excluding steroid dienone is 1. The fourth-order valence-electron chi connectivity index (χ4n) is 4.86. The van der Waals surface area contributed by atoms with Crippen LogP contribution in [0.25, 0.3) is 0 Å². The maximum absolute atomic E-state index is 13.3. The summed E-state index contributed by atoms with van der Waals surface area (Å²) in [4.78, 5) is 16.2. The van der Waals surface area contributed by atoms with Gasteiger partial charge in [-0.3, -0.25) is 14.5 Å². The number of sulfonamides is 1. The Morgan fingerprint density at radius 1 is 1.12 bits per heavy atom. The highest BCUT2D eigenvalue weighted by Crippen LogP contribution is 2.67. The third-order valence-corrected chi connectivity index (χ3v) is 7.71. The zero-order valence-electron chi connectivity index (χ0n) is 18.2. The molecular formula is C23H23F3N4O3S. The second kappa shape index (κ2) is 8.15. The minimum Gasteiger partial charge on any atom is -0.403 e. The zero-order valence-corrected chi connectivity index (χ0v) is 19.0. The maximum Gasteiger partial charge on any atom is 0.416 e. The molecule has 2 aromatic carbocycles. The molecule has 0 saturated heterocycles. The highest BCUT2D eigenvalue weighted by Gasteiger charge is 2.69. The second-order valence-corrected chi connectivity index (χ2v) is 10.4. The Morgan fingerprint density at radius 2 is 1.76 bits per heavy atom. The number of rotatable bonds is 7. The Balaban J connectivity index is 1.59. The summed E-state index contributed by atoms with van der Waals surface area (Å²) in [7, 11) is -3.07. The number of carbonyl (C=O) groups is 1. The van der Waals surface area contributed by atoms with E-state index in [1.54, 1.807) is 0 Å². The van der Waals surface area contributed by atoms with Crippen LogP contribution in [0.2, 0.25) is 0 Å². The molecule has 1 amide bonds. The number of carbonyl (C=O) groups excluding carboxylic acids is 1. The molecule has 0 unspecified atom stereocenters. The van der Waals surface area contributed by atoms with Crippen LogP contribution in [0.15, 0.2) is 64.6 Å². The summed E-state index contributed by atoms with van der Waals surface area (Å²) in [5.74, 6) is -0.657. The minimum absolute atomic E-state index is 0.000585. The number of nitrogens with zero attached hydrogens (tertiary/aromatic N) is 1. The SMILES string of the molecule is CN=C/C(=C\N)S(=O)(=O)Nc1cc(C(F)(F)F)ccc1C(=O)NC12CC(c3ccccc3)(C1)C2. The number of nitrogens with two attached hydrogens (primary N) is 1. The predicted octanol–water partition coefficient (Wildman–Crippen LogP) is 3.55. The average molecular weight is 493 g/mol. The Bertz CT molecular complexity index is 1270. The van der Waals surface area contributed by atoms with E-state index >= 15 is 0 Å². The number of benzene rings is 2. The van der Waals surface area contributed by atoms with E-state index in [4.69, 9.17) is 5.73 Å². The largest absolute Gasteiger partial charge is 0.416 e. The highest BCUT2D eigenvalue weighted by molar-refractivity contribution is 7.97. The number of aliphatic imine (C=N–C) groups is 1. The van der Waals surface area contributed by atoms with E-state index < -0.39 is 43.8 Å². The van der Waals surface area contributed by atoms with E-state index in [0.717, 1.165) is 24.5 Å². The van der Waals surface area contributed by atoms with Crippen LogP contribution in [0.4, 0.5) is 18.9 Å². The van der Waals surface area contributed by atoms with Gasteiger partial charge in [0, 0.05) is 30.4 Å². The highest BCUT2D eigenvalue weighted by atomic mass is 32.2. The monoisotopic (exact) mass is 492 g/mol. The van der Waals surface area contributed by atoms with Gasteiger partial charge in [-0.15, -0.1) is 0 Å². The second-order valence-electron chi connectivity index (χ2n) is 8.73. The van der Waals surface area contributed by atoms with Crippen LogP contribution in [-0.4, -0.2) is 33.1 Å². The molecule has 3 saturated carbocycles. The van der Waals surface area contributed by atoms with Crippen molar-refractivity contribution in [1.29, 1.82) is 0 Å². The molecule has 11 heteroatoms. The lowest BCUT2D eigenvalue weighted by Crippen LogP contribution is -2.76. The molecule has 2 aromatic rings. The molecule has 7 nitrogen and oxygen atoms in total. The van der Waals surface area contributed by atoms with Gasteiger partial charge >= 0.3 is 6.18 Å². The number of anilines is 1. The van der Waals surface area contributed by atoms with Crippen molar-refractivity contribution in [2.75, 3.05) is 11.8 Å². The number of amides is 1. The van der Waals surface area contributed by atoms with Gasteiger partial charge in [0.1, 0.15) is 4.91 Å². The van der Waals surface area contributed by atoms with Gasteiger partial charge in [-0.1, -0.05) is 30.3 Å². The number of hydrogen-bond donors (Lipinski definition) is 3. The molecule has 0 heterocycles. The third-order valence-electron chi connectivity index (χ3n) is 6.36. The Morgan fingerprint density at radius 3 is 2.32 bits per heavy atom. The van der Waals surface area contributed by atoms with Gasteiger partial charge in [0.2, 0.25) is 0 Å². The summed E-state index contributed by atoms with van der Waals surface area (Å²) < 4.78 is 67.2. The van der Waals surface area contributed by atoms with E-state index in [9.17, 15) is 26.4 Å². The zero-order chi connectivity index (χ0) is 24.8. The van der Waals surface area contributed by atoms with E-state index in [1.165, 1.54) is 12.6 Å². The molecule has 0 radical (unpaired) electrons. The lowest BCUT2D eigenvalue weighted by molar-refractivity contribution is -0.137. The average Bonchev–Trinajstić information content (AvgIpc) is 2.72. The van der Waals surface area contributed by atoms with Crippen molar-refractivity contribution in [2.45, 2.75) is 36.4 Å². The maximum atomic E-state index is 13.3. The summed E-state index contributed by atoms with van der Waals surface area (Å²) in [5, 5.41) is 2.90. The molecule has 4 N–H and O–H groups in total. The van der Waals surface area contributed by atoms with Crippen LogP contribution in [0.1, 0.15) is 40.7 Å². The molecule has 3 fully saturated rings. The molecule has 0 aliphatic heterocycles. The smallest absolute Gasteiger partial charge is 0.403 e. The topological polar surface area (TPSA) is 114 Å². The first-order valence-corrected chi connectivity index (χ1v) is 11.9. The first kappa shape index (κ1) is 23.8. The summed E-state index contributed by atoms with van der Waals surface area (Å²) >= 11 is 0. The number of hydrogen-bond acceptors (Lipinski definition) is 5. The van der Waals surface area contributed by atoms with Crippen molar-refractivity contribution in [1.82, 2.24) is 5.32 Å². The van der Waals surface area contributed by atoms with E-state index in [2.05, 4.69) is 15.0 Å². The molecule has 0 aromatic heterocycles. The van der Waals surface area contributed by atoms with E-state index in [1.807, 2.05) is 30.3 Å². The Labute approximate surface area is 195 Å². The first-order valence-electron chi connectivity index (χ1n) is 10.4. The number of alkyl halides is 3. The summed E-state index contributed by atoms with van der Waals surface area (Å²) in [6, 6.07) is 12.2. The van der Waals surface area contributed by atoms with Gasteiger partial charge in [0.15, 0.2) is 0 Å². The van der Waals surface area contributed by atoms with Crippen molar-refractivity contribution in [3.63, 3.8) is 0 Å². The predicted molar refractivity (Wildman–Crippen MR) is 123 cm³/mol. The molecule has 34 heavy (non-hydrogen) atoms. The van der Waals surface area contributed by atoms with Crippen LogP contribution < -0.4 is 15.8 Å². The summed E-state index contributed by atoms with van der Waals surface area (Å²) in [6.45, 7) is 0. The van der Waals surface area contributed by atoms with Crippen LogP contribution in [0.3, 0.4) is 0 Å². The van der Waals surface area contributed by atoms with Crippen LogP contribution in [-0.2, 0) is 21.6 Å². The van der Waals surface area contributed by atoms with E-state index in [0.29, 0.717) is 25.3 Å². The summed E-state index contributed by atoms with van der Waals surface area (Å²) in [5.41, 5.74) is 4.25.